The van der Waals surface area contributed by atoms with Crippen molar-refractivity contribution in [2.75, 3.05) is 14.2 Å². The van der Waals surface area contributed by atoms with E-state index in [0.29, 0.717) is 6.61 Å². The number of rotatable bonds is 4. The molecule has 1 atom stereocenters. The topological polar surface area (TPSA) is 38.7 Å². The Labute approximate surface area is 77.9 Å². The van der Waals surface area contributed by atoms with Crippen LogP contribution in [0, 0.1) is 0 Å². The molecule has 3 heteroatoms. The Kier molecular flexibility index (Phi) is 3.89. The first kappa shape index (κ1) is 10.2. The molecule has 1 aromatic rings. The van der Waals surface area contributed by atoms with Crippen molar-refractivity contribution in [2.24, 2.45) is 0 Å². The predicted octanol–water partition coefficient (Wildman–Crippen LogP) is 1.47. The summed E-state index contributed by atoms with van der Waals surface area (Å²) in [6.45, 7) is 0.587. The van der Waals surface area contributed by atoms with E-state index in [2.05, 4.69) is 0 Å². The molecule has 1 unspecified atom stereocenters. The van der Waals surface area contributed by atoms with E-state index in [9.17, 15) is 5.11 Å². The van der Waals surface area contributed by atoms with Gasteiger partial charge in [0.15, 0.2) is 6.29 Å². The van der Waals surface area contributed by atoms with E-state index < -0.39 is 6.29 Å². The van der Waals surface area contributed by atoms with Crippen molar-refractivity contribution in [3.05, 3.63) is 35.4 Å². The van der Waals surface area contributed by atoms with Gasteiger partial charge in [0.05, 0.1) is 6.61 Å². The van der Waals surface area contributed by atoms with Crippen molar-refractivity contribution >= 4 is 0 Å². The standard InChI is InChI=1S/C10H14O3/c1-12-7-8-3-5-9(6-4-8)10(11)13-2/h3-6,10-11H,7H2,1-2H3. The van der Waals surface area contributed by atoms with Gasteiger partial charge in [0.25, 0.3) is 0 Å². The van der Waals surface area contributed by atoms with Crippen molar-refractivity contribution in [3.63, 3.8) is 0 Å². The Balaban J connectivity index is 2.69. The van der Waals surface area contributed by atoms with E-state index in [4.69, 9.17) is 9.47 Å². The molecule has 0 aromatic heterocycles. The van der Waals surface area contributed by atoms with Crippen LogP contribution in [0.1, 0.15) is 17.4 Å². The Bertz CT molecular complexity index is 243. The molecule has 0 amide bonds. The average Bonchev–Trinajstić information content (AvgIpc) is 2.18. The van der Waals surface area contributed by atoms with Gasteiger partial charge in [0.2, 0.25) is 0 Å². The van der Waals surface area contributed by atoms with Crippen LogP contribution in [0.15, 0.2) is 24.3 Å². The summed E-state index contributed by atoms with van der Waals surface area (Å²) in [7, 11) is 3.12. The fraction of sp³-hybridized carbons (Fsp3) is 0.400. The third-order valence-corrected chi connectivity index (χ3v) is 1.80. The maximum atomic E-state index is 9.30. The molecular weight excluding hydrogens is 168 g/mol. The van der Waals surface area contributed by atoms with Gasteiger partial charge >= 0.3 is 0 Å². The number of hydrogen-bond donors (Lipinski definition) is 1. The van der Waals surface area contributed by atoms with Crippen LogP contribution in [-0.4, -0.2) is 19.3 Å². The molecule has 1 aromatic carbocycles. The summed E-state index contributed by atoms with van der Waals surface area (Å²) in [5.41, 5.74) is 1.83. The van der Waals surface area contributed by atoms with E-state index in [1.54, 1.807) is 7.11 Å². The summed E-state index contributed by atoms with van der Waals surface area (Å²) in [5.74, 6) is 0. The molecule has 1 N–H and O–H groups in total. The average molecular weight is 182 g/mol. The highest BCUT2D eigenvalue weighted by Gasteiger charge is 2.03. The lowest BCUT2D eigenvalue weighted by Gasteiger charge is -2.08. The predicted molar refractivity (Wildman–Crippen MR) is 49.1 cm³/mol. The van der Waals surface area contributed by atoms with Crippen LogP contribution in [0.4, 0.5) is 0 Å². The molecule has 0 bridgehead atoms. The van der Waals surface area contributed by atoms with Gasteiger partial charge in [-0.05, 0) is 5.56 Å². The second-order valence-electron chi connectivity index (χ2n) is 2.76. The molecule has 13 heavy (non-hydrogen) atoms. The smallest absolute Gasteiger partial charge is 0.180 e. The maximum Gasteiger partial charge on any atom is 0.180 e. The first-order valence-electron chi connectivity index (χ1n) is 4.06. The van der Waals surface area contributed by atoms with Gasteiger partial charge in [-0.2, -0.15) is 0 Å². The van der Waals surface area contributed by atoms with Crippen molar-refractivity contribution < 1.29 is 14.6 Å². The van der Waals surface area contributed by atoms with Crippen molar-refractivity contribution in [1.29, 1.82) is 0 Å². The molecule has 1 rings (SSSR count). The molecule has 72 valence electrons. The summed E-state index contributed by atoms with van der Waals surface area (Å²) in [6, 6.07) is 7.45. The normalized spacial score (nSPS) is 12.8. The number of methoxy groups -OCH3 is 2. The summed E-state index contributed by atoms with van der Waals surface area (Å²) in [4.78, 5) is 0. The van der Waals surface area contributed by atoms with Crippen LogP contribution in [0.25, 0.3) is 0 Å². The number of hydrogen-bond acceptors (Lipinski definition) is 3. The zero-order chi connectivity index (χ0) is 9.68. The molecule has 0 radical (unpaired) electrons. The molecule has 0 spiro atoms. The van der Waals surface area contributed by atoms with E-state index in [0.717, 1.165) is 11.1 Å². The van der Waals surface area contributed by atoms with Crippen molar-refractivity contribution in [3.8, 4) is 0 Å². The Morgan fingerprint density at radius 2 is 1.85 bits per heavy atom. The van der Waals surface area contributed by atoms with Gasteiger partial charge in [0.1, 0.15) is 0 Å². The number of ether oxygens (including phenoxy) is 2. The van der Waals surface area contributed by atoms with Gasteiger partial charge in [-0.15, -0.1) is 0 Å². The third-order valence-electron chi connectivity index (χ3n) is 1.80. The first-order valence-corrected chi connectivity index (χ1v) is 4.06. The molecule has 3 nitrogen and oxygen atoms in total. The number of aliphatic hydroxyl groups is 1. The highest BCUT2D eigenvalue weighted by molar-refractivity contribution is 5.22. The highest BCUT2D eigenvalue weighted by atomic mass is 16.6. The third kappa shape index (κ3) is 2.81. The lowest BCUT2D eigenvalue weighted by molar-refractivity contribution is -0.0769. The van der Waals surface area contributed by atoms with Gasteiger partial charge in [-0.25, -0.2) is 0 Å². The van der Waals surface area contributed by atoms with Crippen LogP contribution in [-0.2, 0) is 16.1 Å². The van der Waals surface area contributed by atoms with Gasteiger partial charge in [-0.1, -0.05) is 24.3 Å². The Morgan fingerprint density at radius 3 is 2.31 bits per heavy atom. The minimum atomic E-state index is -0.836. The lowest BCUT2D eigenvalue weighted by atomic mass is 10.1. The second-order valence-corrected chi connectivity index (χ2v) is 2.76. The highest BCUT2D eigenvalue weighted by Crippen LogP contribution is 2.14. The Hall–Kier alpha value is -0.900. The fourth-order valence-electron chi connectivity index (χ4n) is 1.08. The van der Waals surface area contributed by atoms with Crippen molar-refractivity contribution in [2.45, 2.75) is 12.9 Å². The van der Waals surface area contributed by atoms with Crippen LogP contribution in [0.3, 0.4) is 0 Å². The molecule has 0 saturated carbocycles. The minimum absolute atomic E-state index is 0.587. The fourth-order valence-corrected chi connectivity index (χ4v) is 1.08. The van der Waals surface area contributed by atoms with Crippen LogP contribution in [0.5, 0.6) is 0 Å². The number of benzene rings is 1. The Morgan fingerprint density at radius 1 is 1.23 bits per heavy atom. The van der Waals surface area contributed by atoms with E-state index in [1.165, 1.54) is 7.11 Å². The van der Waals surface area contributed by atoms with Gasteiger partial charge < -0.3 is 14.6 Å². The first-order chi connectivity index (χ1) is 6.27. The monoisotopic (exact) mass is 182 g/mol. The maximum absolute atomic E-state index is 9.30. The molecule has 0 saturated heterocycles. The largest absolute Gasteiger partial charge is 0.380 e. The summed E-state index contributed by atoms with van der Waals surface area (Å²) < 4.78 is 9.72. The SMILES string of the molecule is COCc1ccc(C(O)OC)cc1. The minimum Gasteiger partial charge on any atom is -0.380 e. The second kappa shape index (κ2) is 4.97. The molecular formula is C10H14O3. The van der Waals surface area contributed by atoms with E-state index >= 15 is 0 Å². The zero-order valence-electron chi connectivity index (χ0n) is 7.86. The molecule has 0 aliphatic heterocycles. The lowest BCUT2D eigenvalue weighted by Crippen LogP contribution is -1.99. The van der Waals surface area contributed by atoms with Crippen LogP contribution < -0.4 is 0 Å². The molecule has 0 aliphatic rings. The summed E-state index contributed by atoms with van der Waals surface area (Å²) in [6.07, 6.45) is -0.836. The van der Waals surface area contributed by atoms with Gasteiger partial charge in [0, 0.05) is 19.8 Å². The van der Waals surface area contributed by atoms with E-state index in [1.807, 2.05) is 24.3 Å². The molecule has 0 aliphatic carbocycles. The summed E-state index contributed by atoms with van der Waals surface area (Å²) in [5, 5.41) is 9.30. The molecule has 0 fully saturated rings. The van der Waals surface area contributed by atoms with E-state index in [-0.39, 0.29) is 0 Å². The summed E-state index contributed by atoms with van der Waals surface area (Å²) >= 11 is 0. The molecule has 0 heterocycles. The van der Waals surface area contributed by atoms with Crippen molar-refractivity contribution in [1.82, 2.24) is 0 Å². The van der Waals surface area contributed by atoms with Crippen LogP contribution >= 0.6 is 0 Å². The van der Waals surface area contributed by atoms with Crippen LogP contribution in [0.2, 0.25) is 0 Å². The van der Waals surface area contributed by atoms with Gasteiger partial charge in [-0.3, -0.25) is 0 Å². The number of aliphatic hydroxyl groups excluding tert-OH is 1. The zero-order valence-corrected chi connectivity index (χ0v) is 7.86. The quantitative estimate of drug-likeness (QED) is 0.717.